The van der Waals surface area contributed by atoms with Crippen molar-refractivity contribution < 1.29 is 4.79 Å². The predicted octanol–water partition coefficient (Wildman–Crippen LogP) is 0.710. The molecule has 0 radical (unpaired) electrons. The van der Waals surface area contributed by atoms with E-state index in [0.29, 0.717) is 0 Å². The maximum absolute atomic E-state index is 12.4. The van der Waals surface area contributed by atoms with Crippen LogP contribution in [0.5, 0.6) is 0 Å². The van der Waals surface area contributed by atoms with E-state index in [1.165, 1.54) is 0 Å². The highest BCUT2D eigenvalue weighted by Crippen LogP contribution is 2.31. The van der Waals surface area contributed by atoms with Crippen LogP contribution in [-0.2, 0) is 4.79 Å². The van der Waals surface area contributed by atoms with Gasteiger partial charge in [0.05, 0.1) is 0 Å². The number of likely N-dealkylation sites (tertiary alicyclic amines) is 1. The third-order valence-corrected chi connectivity index (χ3v) is 3.65. The van der Waals surface area contributed by atoms with Crippen molar-refractivity contribution in [3.8, 4) is 0 Å². The lowest BCUT2D eigenvalue weighted by atomic mass is 9.86. The lowest BCUT2D eigenvalue weighted by molar-refractivity contribution is -0.133. The van der Waals surface area contributed by atoms with Gasteiger partial charge in [-0.15, -0.1) is 0 Å². The van der Waals surface area contributed by atoms with Gasteiger partial charge in [0.2, 0.25) is 5.91 Å². The van der Waals surface area contributed by atoms with Gasteiger partial charge in [0.15, 0.2) is 0 Å². The quantitative estimate of drug-likeness (QED) is 0.760. The van der Waals surface area contributed by atoms with Crippen molar-refractivity contribution in [3.05, 3.63) is 11.8 Å². The molecule has 4 nitrogen and oxygen atoms in total. The molecule has 1 amide bonds. The minimum Gasteiger partial charge on any atom is -0.376 e. The van der Waals surface area contributed by atoms with Crippen LogP contribution in [0.1, 0.15) is 26.7 Å². The number of rotatable bonds is 3. The highest BCUT2D eigenvalue weighted by Gasteiger charge is 2.41. The summed E-state index contributed by atoms with van der Waals surface area (Å²) in [6, 6.07) is -0.0936. The number of nitrogens with one attached hydrogen (secondary N) is 2. The van der Waals surface area contributed by atoms with Crippen molar-refractivity contribution in [3.63, 3.8) is 0 Å². The normalized spacial score (nSPS) is 26.9. The van der Waals surface area contributed by atoms with Gasteiger partial charge in [0.25, 0.3) is 0 Å². The molecular formula is C13H23N3O. The Morgan fingerprint density at radius 1 is 1.53 bits per heavy atom. The Labute approximate surface area is 103 Å². The Bertz CT molecular complexity index is 330. The fourth-order valence-corrected chi connectivity index (χ4v) is 2.74. The molecule has 1 saturated heterocycles. The lowest BCUT2D eigenvalue weighted by Crippen LogP contribution is -2.49. The molecule has 0 aliphatic carbocycles. The van der Waals surface area contributed by atoms with Gasteiger partial charge < -0.3 is 15.5 Å². The van der Waals surface area contributed by atoms with Crippen LogP contribution in [0.25, 0.3) is 0 Å². The second-order valence-corrected chi connectivity index (χ2v) is 5.63. The average Bonchev–Trinajstić information content (AvgIpc) is 2.85. The van der Waals surface area contributed by atoms with Gasteiger partial charge in [0, 0.05) is 30.7 Å². The third kappa shape index (κ3) is 2.46. The van der Waals surface area contributed by atoms with E-state index in [1.54, 1.807) is 0 Å². The molecule has 2 N–H and O–H groups in total. The molecule has 0 aromatic heterocycles. The first kappa shape index (κ1) is 12.4. The summed E-state index contributed by atoms with van der Waals surface area (Å²) in [4.78, 5) is 14.4. The van der Waals surface area contributed by atoms with Crippen molar-refractivity contribution in [2.75, 3.05) is 26.7 Å². The molecule has 2 aliphatic rings. The van der Waals surface area contributed by atoms with Crippen LogP contribution in [0, 0.1) is 5.41 Å². The first-order valence-electron chi connectivity index (χ1n) is 6.46. The van der Waals surface area contributed by atoms with Gasteiger partial charge in [0.1, 0.15) is 6.04 Å². The van der Waals surface area contributed by atoms with Crippen molar-refractivity contribution in [1.29, 1.82) is 0 Å². The molecule has 0 aromatic carbocycles. The van der Waals surface area contributed by atoms with Gasteiger partial charge >= 0.3 is 0 Å². The first-order chi connectivity index (χ1) is 8.04. The van der Waals surface area contributed by atoms with Crippen LogP contribution in [0.4, 0.5) is 0 Å². The monoisotopic (exact) mass is 237 g/mol. The summed E-state index contributed by atoms with van der Waals surface area (Å²) in [5.41, 5.74) is 1.04. The summed E-state index contributed by atoms with van der Waals surface area (Å²) in [6.07, 6.45) is 4.48. The summed E-state index contributed by atoms with van der Waals surface area (Å²) in [7, 11) is 1.92. The molecule has 17 heavy (non-hydrogen) atoms. The molecule has 0 aromatic rings. The van der Waals surface area contributed by atoms with E-state index in [2.05, 4.69) is 30.6 Å². The second-order valence-electron chi connectivity index (χ2n) is 5.63. The lowest BCUT2D eigenvalue weighted by Gasteiger charge is -2.29. The van der Waals surface area contributed by atoms with Crippen LogP contribution in [0.2, 0.25) is 0 Å². The van der Waals surface area contributed by atoms with Crippen LogP contribution in [-0.4, -0.2) is 43.5 Å². The Kier molecular flexibility index (Phi) is 3.43. The van der Waals surface area contributed by atoms with Gasteiger partial charge in [-0.1, -0.05) is 19.9 Å². The standard InChI is InChI=1S/C13H23N3O/c1-13(2)8-10(9-14-3)15-11(13)12(17)16-6-4-5-7-16/h8,11,14-15H,4-7,9H2,1-3H3/t11-/m1/s1. The number of hydrogen-bond donors (Lipinski definition) is 2. The van der Waals surface area contributed by atoms with Crippen molar-refractivity contribution in [2.45, 2.75) is 32.7 Å². The Morgan fingerprint density at radius 2 is 2.18 bits per heavy atom. The molecule has 2 aliphatic heterocycles. The zero-order valence-corrected chi connectivity index (χ0v) is 11.0. The van der Waals surface area contributed by atoms with Crippen LogP contribution in [0.3, 0.4) is 0 Å². The van der Waals surface area contributed by atoms with Crippen LogP contribution < -0.4 is 10.6 Å². The van der Waals surface area contributed by atoms with Crippen molar-refractivity contribution in [2.24, 2.45) is 5.41 Å². The second kappa shape index (κ2) is 4.69. The summed E-state index contributed by atoms with van der Waals surface area (Å²) in [5.74, 6) is 0.259. The summed E-state index contributed by atoms with van der Waals surface area (Å²) in [5, 5.41) is 6.49. The average molecular weight is 237 g/mol. The van der Waals surface area contributed by atoms with E-state index < -0.39 is 0 Å². The fraction of sp³-hybridized carbons (Fsp3) is 0.769. The molecule has 0 saturated carbocycles. The molecular weight excluding hydrogens is 214 g/mol. The number of carbonyl (C=O) groups excluding carboxylic acids is 1. The van der Waals surface area contributed by atoms with Crippen LogP contribution in [0.15, 0.2) is 11.8 Å². The smallest absolute Gasteiger partial charge is 0.245 e. The molecule has 0 unspecified atom stereocenters. The summed E-state index contributed by atoms with van der Waals surface area (Å²) in [6.45, 7) is 6.90. The van der Waals surface area contributed by atoms with E-state index in [-0.39, 0.29) is 17.4 Å². The highest BCUT2D eigenvalue weighted by molar-refractivity contribution is 5.84. The predicted molar refractivity (Wildman–Crippen MR) is 68.5 cm³/mol. The Morgan fingerprint density at radius 3 is 2.76 bits per heavy atom. The van der Waals surface area contributed by atoms with Crippen molar-refractivity contribution in [1.82, 2.24) is 15.5 Å². The zero-order valence-electron chi connectivity index (χ0n) is 11.0. The van der Waals surface area contributed by atoms with E-state index in [9.17, 15) is 4.79 Å². The zero-order chi connectivity index (χ0) is 12.5. The molecule has 1 fully saturated rings. The number of likely N-dealkylation sites (N-methyl/N-ethyl adjacent to an activating group) is 1. The van der Waals surface area contributed by atoms with E-state index in [0.717, 1.165) is 38.2 Å². The summed E-state index contributed by atoms with van der Waals surface area (Å²) < 4.78 is 0. The number of carbonyl (C=O) groups is 1. The molecule has 4 heteroatoms. The number of amides is 1. The first-order valence-corrected chi connectivity index (χ1v) is 6.46. The highest BCUT2D eigenvalue weighted by atomic mass is 16.2. The van der Waals surface area contributed by atoms with E-state index in [1.807, 2.05) is 11.9 Å². The van der Waals surface area contributed by atoms with E-state index >= 15 is 0 Å². The largest absolute Gasteiger partial charge is 0.376 e. The molecule has 1 atom stereocenters. The maximum Gasteiger partial charge on any atom is 0.245 e. The third-order valence-electron chi connectivity index (χ3n) is 3.65. The number of hydrogen-bond acceptors (Lipinski definition) is 3. The molecule has 0 spiro atoms. The van der Waals surface area contributed by atoms with Gasteiger partial charge in [-0.05, 0) is 19.9 Å². The SMILES string of the molecule is CNCC1=CC(C)(C)[C@@H](C(=O)N2CCCC2)N1. The maximum atomic E-state index is 12.4. The topological polar surface area (TPSA) is 44.4 Å². The molecule has 0 bridgehead atoms. The minimum absolute atomic E-state index is 0.0914. The fourth-order valence-electron chi connectivity index (χ4n) is 2.74. The molecule has 96 valence electrons. The molecule has 2 heterocycles. The Balaban J connectivity index is 2.05. The van der Waals surface area contributed by atoms with Gasteiger partial charge in [-0.25, -0.2) is 0 Å². The number of nitrogens with zero attached hydrogens (tertiary/aromatic N) is 1. The van der Waals surface area contributed by atoms with Gasteiger partial charge in [-0.2, -0.15) is 0 Å². The van der Waals surface area contributed by atoms with Crippen LogP contribution >= 0.6 is 0 Å². The van der Waals surface area contributed by atoms with Crippen molar-refractivity contribution >= 4 is 5.91 Å². The Hall–Kier alpha value is -1.03. The summed E-state index contributed by atoms with van der Waals surface area (Å²) >= 11 is 0. The molecule has 2 rings (SSSR count). The minimum atomic E-state index is -0.0936. The van der Waals surface area contributed by atoms with E-state index in [4.69, 9.17) is 0 Å². The van der Waals surface area contributed by atoms with Gasteiger partial charge in [-0.3, -0.25) is 4.79 Å².